The Kier molecular flexibility index (Phi) is 6.56. The third kappa shape index (κ3) is 5.14. The lowest BCUT2D eigenvalue weighted by atomic mass is 10.1. The van der Waals surface area contributed by atoms with Gasteiger partial charge in [-0.2, -0.15) is 11.3 Å². The normalized spacial score (nSPS) is 14.3. The zero-order valence-corrected chi connectivity index (χ0v) is 17.3. The summed E-state index contributed by atoms with van der Waals surface area (Å²) in [6.45, 7) is 2.90. The van der Waals surface area contributed by atoms with Crippen LogP contribution in [-0.2, 0) is 22.5 Å². The molecule has 1 aliphatic rings. The molecule has 0 atom stereocenters. The average molecular weight is 426 g/mol. The summed E-state index contributed by atoms with van der Waals surface area (Å²) in [5, 5.41) is 6.86. The van der Waals surface area contributed by atoms with Gasteiger partial charge in [-0.15, -0.1) is 0 Å². The molecule has 0 aliphatic carbocycles. The van der Waals surface area contributed by atoms with Crippen molar-refractivity contribution in [1.29, 1.82) is 0 Å². The van der Waals surface area contributed by atoms with Crippen LogP contribution in [0.2, 0.25) is 0 Å². The molecule has 0 spiro atoms. The molecule has 1 fully saturated rings. The average Bonchev–Trinajstić information content (AvgIpc) is 3.39. The van der Waals surface area contributed by atoms with E-state index in [9.17, 15) is 9.59 Å². The van der Waals surface area contributed by atoms with Crippen LogP contribution in [-0.4, -0.2) is 48.0 Å². The Morgan fingerprint density at radius 3 is 2.77 bits per heavy atom. The lowest BCUT2D eigenvalue weighted by molar-refractivity contribution is -0.120. The number of hydrogen-bond acceptors (Lipinski definition) is 6. The van der Waals surface area contributed by atoms with Gasteiger partial charge in [-0.25, -0.2) is 4.98 Å². The van der Waals surface area contributed by atoms with Crippen LogP contribution in [0.3, 0.4) is 0 Å². The molecule has 2 aromatic heterocycles. The van der Waals surface area contributed by atoms with Crippen molar-refractivity contribution in [3.05, 3.63) is 64.2 Å². The fourth-order valence-electron chi connectivity index (χ4n) is 3.22. The molecule has 2 amide bonds. The van der Waals surface area contributed by atoms with Crippen LogP contribution in [0, 0.1) is 0 Å². The molecule has 1 aromatic carbocycles. The van der Waals surface area contributed by atoms with Crippen molar-refractivity contribution < 1.29 is 18.7 Å². The first-order valence-electron chi connectivity index (χ1n) is 9.89. The summed E-state index contributed by atoms with van der Waals surface area (Å²) < 4.78 is 10.9. The number of hydrogen-bond donors (Lipinski definition) is 1. The van der Waals surface area contributed by atoms with Gasteiger partial charge in [0.05, 0.1) is 13.0 Å². The number of rotatable bonds is 6. The molecule has 0 radical (unpaired) electrons. The zero-order chi connectivity index (χ0) is 20.8. The molecule has 7 nitrogen and oxygen atoms in total. The Balaban J connectivity index is 1.33. The van der Waals surface area contributed by atoms with E-state index in [0.717, 1.165) is 23.1 Å². The third-order valence-electron chi connectivity index (χ3n) is 4.87. The van der Waals surface area contributed by atoms with E-state index in [1.54, 1.807) is 16.2 Å². The van der Waals surface area contributed by atoms with Crippen molar-refractivity contribution in [3.63, 3.8) is 0 Å². The molecule has 0 bridgehead atoms. The topological polar surface area (TPSA) is 84.7 Å². The van der Waals surface area contributed by atoms with Gasteiger partial charge in [0.1, 0.15) is 6.26 Å². The SMILES string of the molecule is O=C(Cc1ccsc1)NCc1ccc(-c2nc(C(=O)N3CCCOCC3)co2)cc1. The fourth-order valence-corrected chi connectivity index (χ4v) is 3.89. The van der Waals surface area contributed by atoms with Crippen LogP contribution >= 0.6 is 11.3 Å². The van der Waals surface area contributed by atoms with E-state index >= 15 is 0 Å². The Morgan fingerprint density at radius 1 is 1.10 bits per heavy atom. The van der Waals surface area contributed by atoms with Crippen LogP contribution < -0.4 is 5.32 Å². The van der Waals surface area contributed by atoms with Crippen LogP contribution in [0.5, 0.6) is 0 Å². The number of carbonyl (C=O) groups is 2. The lowest BCUT2D eigenvalue weighted by Crippen LogP contribution is -2.33. The zero-order valence-electron chi connectivity index (χ0n) is 16.5. The summed E-state index contributed by atoms with van der Waals surface area (Å²) in [5.41, 5.74) is 3.08. The maximum absolute atomic E-state index is 12.6. The van der Waals surface area contributed by atoms with Gasteiger partial charge < -0.3 is 19.4 Å². The first-order valence-corrected chi connectivity index (χ1v) is 10.8. The number of nitrogens with one attached hydrogen (secondary N) is 1. The molecule has 156 valence electrons. The van der Waals surface area contributed by atoms with E-state index in [-0.39, 0.29) is 11.8 Å². The molecule has 1 aliphatic heterocycles. The Bertz CT molecular complexity index is 974. The summed E-state index contributed by atoms with van der Waals surface area (Å²) >= 11 is 1.58. The maximum atomic E-state index is 12.6. The molecule has 3 aromatic rings. The predicted molar refractivity (Wildman–Crippen MR) is 113 cm³/mol. The van der Waals surface area contributed by atoms with E-state index in [0.29, 0.717) is 50.9 Å². The quantitative estimate of drug-likeness (QED) is 0.656. The summed E-state index contributed by atoms with van der Waals surface area (Å²) in [6.07, 6.45) is 2.61. The van der Waals surface area contributed by atoms with E-state index < -0.39 is 0 Å². The van der Waals surface area contributed by atoms with Crippen molar-refractivity contribution in [1.82, 2.24) is 15.2 Å². The molecule has 8 heteroatoms. The number of amides is 2. The lowest BCUT2D eigenvalue weighted by Gasteiger charge is -2.17. The molecule has 4 rings (SSSR count). The Labute approximate surface area is 178 Å². The molecule has 1 saturated heterocycles. The summed E-state index contributed by atoms with van der Waals surface area (Å²) in [6, 6.07) is 9.53. The van der Waals surface area contributed by atoms with Crippen LogP contribution in [0.25, 0.3) is 11.5 Å². The molecule has 1 N–H and O–H groups in total. The maximum Gasteiger partial charge on any atom is 0.275 e. The fraction of sp³-hybridized carbons (Fsp3) is 0.318. The highest BCUT2D eigenvalue weighted by Gasteiger charge is 2.21. The highest BCUT2D eigenvalue weighted by atomic mass is 32.1. The van der Waals surface area contributed by atoms with Crippen molar-refractivity contribution in [2.75, 3.05) is 26.3 Å². The standard InChI is InChI=1S/C22H23N3O4S/c26-20(12-17-6-11-30-15-17)23-13-16-2-4-18(5-3-16)21-24-19(14-29-21)22(27)25-7-1-9-28-10-8-25/h2-6,11,14-15H,1,7-10,12-13H2,(H,23,26). The monoisotopic (exact) mass is 425 g/mol. The van der Waals surface area contributed by atoms with Gasteiger partial charge in [0.15, 0.2) is 5.69 Å². The summed E-state index contributed by atoms with van der Waals surface area (Å²) in [7, 11) is 0. The molecule has 0 unspecified atom stereocenters. The van der Waals surface area contributed by atoms with Gasteiger partial charge in [0, 0.05) is 31.8 Å². The minimum Gasteiger partial charge on any atom is -0.444 e. The number of thiophene rings is 1. The third-order valence-corrected chi connectivity index (χ3v) is 5.60. The second-order valence-electron chi connectivity index (χ2n) is 7.08. The van der Waals surface area contributed by atoms with E-state index in [4.69, 9.17) is 9.15 Å². The molecule has 0 saturated carbocycles. The molecular weight excluding hydrogens is 402 g/mol. The first-order chi connectivity index (χ1) is 14.7. The first kappa shape index (κ1) is 20.3. The Morgan fingerprint density at radius 2 is 1.97 bits per heavy atom. The number of benzene rings is 1. The van der Waals surface area contributed by atoms with Gasteiger partial charge >= 0.3 is 0 Å². The Hall–Kier alpha value is -2.97. The molecule has 3 heterocycles. The van der Waals surface area contributed by atoms with E-state index in [1.807, 2.05) is 41.1 Å². The van der Waals surface area contributed by atoms with Crippen LogP contribution in [0.15, 0.2) is 51.8 Å². The van der Waals surface area contributed by atoms with Crippen molar-refractivity contribution in [2.24, 2.45) is 0 Å². The largest absolute Gasteiger partial charge is 0.444 e. The molecule has 30 heavy (non-hydrogen) atoms. The van der Waals surface area contributed by atoms with Crippen LogP contribution in [0.4, 0.5) is 0 Å². The van der Waals surface area contributed by atoms with Gasteiger partial charge in [-0.1, -0.05) is 12.1 Å². The number of ether oxygens (including phenoxy) is 1. The summed E-state index contributed by atoms with van der Waals surface area (Å²) in [4.78, 5) is 30.7. The van der Waals surface area contributed by atoms with E-state index in [1.165, 1.54) is 6.26 Å². The molecular formula is C22H23N3O4S. The van der Waals surface area contributed by atoms with Gasteiger partial charge in [-0.05, 0) is 46.5 Å². The predicted octanol–water partition coefficient (Wildman–Crippen LogP) is 3.12. The highest BCUT2D eigenvalue weighted by Crippen LogP contribution is 2.20. The number of aromatic nitrogens is 1. The van der Waals surface area contributed by atoms with Gasteiger partial charge in [-0.3, -0.25) is 9.59 Å². The minimum atomic E-state index is -0.138. The number of oxazole rings is 1. The van der Waals surface area contributed by atoms with Crippen LogP contribution in [0.1, 0.15) is 28.0 Å². The van der Waals surface area contributed by atoms with Gasteiger partial charge in [0.2, 0.25) is 11.8 Å². The second-order valence-corrected chi connectivity index (χ2v) is 7.86. The van der Waals surface area contributed by atoms with Crippen molar-refractivity contribution in [2.45, 2.75) is 19.4 Å². The highest BCUT2D eigenvalue weighted by molar-refractivity contribution is 7.08. The van der Waals surface area contributed by atoms with Crippen molar-refractivity contribution in [3.8, 4) is 11.5 Å². The summed E-state index contributed by atoms with van der Waals surface area (Å²) in [5.74, 6) is 0.255. The smallest absolute Gasteiger partial charge is 0.275 e. The van der Waals surface area contributed by atoms with Crippen molar-refractivity contribution >= 4 is 23.2 Å². The minimum absolute atomic E-state index is 0.00718. The van der Waals surface area contributed by atoms with Gasteiger partial charge in [0.25, 0.3) is 5.91 Å². The van der Waals surface area contributed by atoms with E-state index in [2.05, 4.69) is 10.3 Å². The number of carbonyl (C=O) groups excluding carboxylic acids is 2. The second kappa shape index (κ2) is 9.69. The number of nitrogens with zero attached hydrogens (tertiary/aromatic N) is 2.